The number of hydrogen-bond acceptors (Lipinski definition) is 4. The molecule has 2 rings (SSSR count). The van der Waals surface area contributed by atoms with Crippen molar-refractivity contribution in [3.63, 3.8) is 0 Å². The summed E-state index contributed by atoms with van der Waals surface area (Å²) in [6.45, 7) is 1.51. The van der Waals surface area contributed by atoms with E-state index in [0.29, 0.717) is 28.4 Å². The summed E-state index contributed by atoms with van der Waals surface area (Å²) in [5.41, 5.74) is 1.08. The molecule has 0 aromatic heterocycles. The molecule has 0 bridgehead atoms. The van der Waals surface area contributed by atoms with Gasteiger partial charge in [-0.3, -0.25) is 9.59 Å². The lowest BCUT2D eigenvalue weighted by Crippen LogP contribution is -2.03. The predicted molar refractivity (Wildman–Crippen MR) is 87.6 cm³/mol. The Morgan fingerprint density at radius 2 is 1.68 bits per heavy atom. The molecule has 0 amide bonds. The second kappa shape index (κ2) is 7.22. The lowest BCUT2D eigenvalue weighted by atomic mass is 10.1. The maximum absolute atomic E-state index is 11.9. The van der Waals surface area contributed by atoms with Crippen molar-refractivity contribution in [2.75, 3.05) is 12.4 Å². The van der Waals surface area contributed by atoms with Gasteiger partial charge >= 0.3 is 0 Å². The van der Waals surface area contributed by atoms with Gasteiger partial charge in [-0.2, -0.15) is 0 Å². The van der Waals surface area contributed by atoms with Crippen LogP contribution in [0.1, 0.15) is 27.6 Å². The zero-order valence-electron chi connectivity index (χ0n) is 12.3. The van der Waals surface area contributed by atoms with Gasteiger partial charge in [0.05, 0.1) is 18.0 Å². The van der Waals surface area contributed by atoms with Gasteiger partial charge in [0.1, 0.15) is 17.2 Å². The number of rotatable bonds is 6. The van der Waals surface area contributed by atoms with E-state index in [4.69, 9.17) is 9.47 Å². The first-order valence-corrected chi connectivity index (χ1v) is 7.73. The first-order chi connectivity index (χ1) is 10.5. The van der Waals surface area contributed by atoms with Gasteiger partial charge in [0.25, 0.3) is 0 Å². The van der Waals surface area contributed by atoms with Crippen molar-refractivity contribution in [3.05, 3.63) is 53.6 Å². The van der Waals surface area contributed by atoms with Gasteiger partial charge in [0, 0.05) is 5.56 Å². The minimum atomic E-state index is -0.0887. The van der Waals surface area contributed by atoms with E-state index in [9.17, 15) is 9.59 Å². The Morgan fingerprint density at radius 1 is 1.05 bits per heavy atom. The molecular weight excluding hydrogens is 348 g/mol. The van der Waals surface area contributed by atoms with E-state index < -0.39 is 0 Å². The van der Waals surface area contributed by atoms with Crippen LogP contribution >= 0.6 is 15.9 Å². The Bertz CT molecular complexity index is 692. The van der Waals surface area contributed by atoms with Gasteiger partial charge in [-0.05, 0) is 49.4 Å². The summed E-state index contributed by atoms with van der Waals surface area (Å²) < 4.78 is 10.9. The van der Waals surface area contributed by atoms with Crippen molar-refractivity contribution in [3.8, 4) is 17.2 Å². The van der Waals surface area contributed by atoms with E-state index >= 15 is 0 Å². The molecule has 0 spiro atoms. The zero-order chi connectivity index (χ0) is 16.1. The minimum absolute atomic E-state index is 0.00111. The molecule has 0 aliphatic carbocycles. The molecule has 2 aromatic rings. The average Bonchev–Trinajstić information content (AvgIpc) is 2.54. The zero-order valence-corrected chi connectivity index (χ0v) is 13.8. The summed E-state index contributed by atoms with van der Waals surface area (Å²) in [7, 11) is 1.52. The van der Waals surface area contributed by atoms with Gasteiger partial charge < -0.3 is 9.47 Å². The summed E-state index contributed by atoms with van der Waals surface area (Å²) in [5.74, 6) is 1.53. The standard InChI is InChI=1S/C17H15BrO4/c1-11(19)12-3-5-13(6-4-12)22-14-7-8-17(21-2)15(9-14)16(20)10-18/h3-9H,10H2,1-2H3. The maximum atomic E-state index is 11.9. The number of benzene rings is 2. The fourth-order valence-electron chi connectivity index (χ4n) is 1.93. The normalized spacial score (nSPS) is 10.1. The van der Waals surface area contributed by atoms with E-state index in [-0.39, 0.29) is 16.9 Å². The first kappa shape index (κ1) is 16.2. The molecule has 0 aliphatic heterocycles. The van der Waals surface area contributed by atoms with E-state index in [1.165, 1.54) is 14.0 Å². The number of ether oxygens (including phenoxy) is 2. The summed E-state index contributed by atoms with van der Waals surface area (Å²) in [4.78, 5) is 23.1. The average molecular weight is 363 g/mol. The molecule has 22 heavy (non-hydrogen) atoms. The number of ketones is 2. The highest BCUT2D eigenvalue weighted by Crippen LogP contribution is 2.28. The van der Waals surface area contributed by atoms with Crippen molar-refractivity contribution in [1.29, 1.82) is 0 Å². The highest BCUT2D eigenvalue weighted by Gasteiger charge is 2.13. The Hall–Kier alpha value is -2.14. The first-order valence-electron chi connectivity index (χ1n) is 6.61. The van der Waals surface area contributed by atoms with Crippen LogP contribution < -0.4 is 9.47 Å². The highest BCUT2D eigenvalue weighted by molar-refractivity contribution is 9.09. The van der Waals surface area contributed by atoms with Gasteiger partial charge in [0.15, 0.2) is 11.6 Å². The number of alkyl halides is 1. The topological polar surface area (TPSA) is 52.6 Å². The van der Waals surface area contributed by atoms with E-state index in [1.807, 2.05) is 0 Å². The van der Waals surface area contributed by atoms with E-state index in [1.54, 1.807) is 42.5 Å². The third-order valence-electron chi connectivity index (χ3n) is 3.09. The number of carbonyl (C=O) groups excluding carboxylic acids is 2. The molecule has 4 nitrogen and oxygen atoms in total. The molecule has 5 heteroatoms. The number of carbonyl (C=O) groups is 2. The number of halogens is 1. The van der Waals surface area contributed by atoms with Crippen molar-refractivity contribution in [2.45, 2.75) is 6.92 Å². The van der Waals surface area contributed by atoms with Crippen molar-refractivity contribution in [2.24, 2.45) is 0 Å². The van der Waals surface area contributed by atoms with Crippen LogP contribution in [0.3, 0.4) is 0 Å². The Labute approximate surface area is 137 Å². The summed E-state index contributed by atoms with van der Waals surface area (Å²) >= 11 is 3.15. The third-order valence-corrected chi connectivity index (χ3v) is 3.60. The second-order valence-electron chi connectivity index (χ2n) is 4.60. The lowest BCUT2D eigenvalue weighted by Gasteiger charge is -2.10. The van der Waals surface area contributed by atoms with Crippen molar-refractivity contribution < 1.29 is 19.1 Å². The molecule has 0 aliphatic rings. The van der Waals surface area contributed by atoms with Crippen LogP contribution in [0.5, 0.6) is 17.2 Å². The predicted octanol–water partition coefficient (Wildman–Crippen LogP) is 4.27. The monoisotopic (exact) mass is 362 g/mol. The summed E-state index contributed by atoms with van der Waals surface area (Å²) in [5, 5.41) is 0.208. The molecule has 0 N–H and O–H groups in total. The molecule has 0 heterocycles. The second-order valence-corrected chi connectivity index (χ2v) is 5.16. The van der Waals surface area contributed by atoms with Gasteiger partial charge in [0.2, 0.25) is 0 Å². The largest absolute Gasteiger partial charge is 0.496 e. The van der Waals surface area contributed by atoms with Gasteiger partial charge in [-0.15, -0.1) is 0 Å². The van der Waals surface area contributed by atoms with Gasteiger partial charge in [-0.25, -0.2) is 0 Å². The molecule has 114 valence electrons. The molecule has 0 saturated carbocycles. The highest BCUT2D eigenvalue weighted by atomic mass is 79.9. The van der Waals surface area contributed by atoms with E-state index in [0.717, 1.165) is 0 Å². The maximum Gasteiger partial charge on any atom is 0.177 e. The van der Waals surface area contributed by atoms with Crippen LogP contribution in [0.2, 0.25) is 0 Å². The third kappa shape index (κ3) is 3.74. The Kier molecular flexibility index (Phi) is 5.33. The summed E-state index contributed by atoms with van der Waals surface area (Å²) in [6, 6.07) is 11.9. The molecule has 0 saturated heterocycles. The van der Waals surface area contributed by atoms with Crippen LogP contribution in [0.15, 0.2) is 42.5 Å². The van der Waals surface area contributed by atoms with Crippen LogP contribution in [-0.2, 0) is 0 Å². The molecule has 0 fully saturated rings. The van der Waals surface area contributed by atoms with Crippen LogP contribution in [0.25, 0.3) is 0 Å². The summed E-state index contributed by atoms with van der Waals surface area (Å²) in [6.07, 6.45) is 0. The lowest BCUT2D eigenvalue weighted by molar-refractivity contribution is 0.101. The van der Waals surface area contributed by atoms with Gasteiger partial charge in [-0.1, -0.05) is 15.9 Å². The van der Waals surface area contributed by atoms with Crippen LogP contribution in [0, 0.1) is 0 Å². The number of hydrogen-bond donors (Lipinski definition) is 0. The van der Waals surface area contributed by atoms with Crippen molar-refractivity contribution >= 4 is 27.5 Å². The van der Waals surface area contributed by atoms with Crippen molar-refractivity contribution in [1.82, 2.24) is 0 Å². The Morgan fingerprint density at radius 3 is 2.23 bits per heavy atom. The Balaban J connectivity index is 2.26. The molecule has 0 radical (unpaired) electrons. The SMILES string of the molecule is COc1ccc(Oc2ccc(C(C)=O)cc2)cc1C(=O)CBr. The minimum Gasteiger partial charge on any atom is -0.496 e. The molecule has 2 aromatic carbocycles. The smallest absolute Gasteiger partial charge is 0.177 e. The number of methoxy groups -OCH3 is 1. The number of Topliss-reactive ketones (excluding diaryl/α,β-unsaturated/α-hetero) is 2. The van der Waals surface area contributed by atoms with E-state index in [2.05, 4.69) is 15.9 Å². The molecular formula is C17H15BrO4. The fourth-order valence-corrected chi connectivity index (χ4v) is 2.24. The molecule has 0 unspecified atom stereocenters. The molecule has 0 atom stereocenters. The quantitative estimate of drug-likeness (QED) is 0.568. The fraction of sp³-hybridized carbons (Fsp3) is 0.176. The van der Waals surface area contributed by atoms with Crippen LogP contribution in [0.4, 0.5) is 0 Å². The van der Waals surface area contributed by atoms with Crippen LogP contribution in [-0.4, -0.2) is 24.0 Å².